The van der Waals surface area contributed by atoms with Crippen LogP contribution in [0.5, 0.6) is 0 Å². The van der Waals surface area contributed by atoms with Gasteiger partial charge >= 0.3 is 12.0 Å². The lowest BCUT2D eigenvalue weighted by Crippen LogP contribution is -2.42. The molecule has 0 aromatic heterocycles. The Balaban J connectivity index is 2.15. The van der Waals surface area contributed by atoms with E-state index in [1.54, 1.807) is 11.9 Å². The van der Waals surface area contributed by atoms with E-state index < -0.39 is 6.04 Å². The fourth-order valence-electron chi connectivity index (χ4n) is 2.03. The van der Waals surface area contributed by atoms with Crippen LogP contribution in [-0.4, -0.2) is 43.1 Å². The molecule has 2 unspecified atom stereocenters. The first-order valence-corrected chi connectivity index (χ1v) is 4.76. The second-order valence-corrected chi connectivity index (χ2v) is 3.89. The van der Waals surface area contributed by atoms with Gasteiger partial charge in [-0.3, -0.25) is 0 Å². The van der Waals surface area contributed by atoms with Crippen LogP contribution in [0.3, 0.4) is 0 Å². The maximum atomic E-state index is 11.4. The van der Waals surface area contributed by atoms with E-state index in [9.17, 15) is 9.59 Å². The van der Waals surface area contributed by atoms with Crippen molar-refractivity contribution >= 4 is 12.0 Å². The largest absolute Gasteiger partial charge is 0.467 e. The van der Waals surface area contributed by atoms with E-state index in [0.29, 0.717) is 5.92 Å². The van der Waals surface area contributed by atoms with Crippen LogP contribution in [0.15, 0.2) is 0 Å². The monoisotopic (exact) mass is 198 g/mol. The number of carbonyl (C=O) groups excluding carboxylic acids is 2. The number of amides is 2. The number of rotatable bonds is 2. The molecule has 2 atom stereocenters. The number of urea groups is 1. The molecule has 0 aromatic carbocycles. The highest BCUT2D eigenvalue weighted by atomic mass is 16.5. The van der Waals surface area contributed by atoms with E-state index in [2.05, 4.69) is 10.1 Å². The number of nitrogens with one attached hydrogen (secondary N) is 1. The fraction of sp³-hybridized carbons (Fsp3) is 0.778. The molecule has 78 valence electrons. The zero-order valence-electron chi connectivity index (χ0n) is 8.32. The molecule has 1 aliphatic heterocycles. The Morgan fingerprint density at radius 1 is 1.57 bits per heavy atom. The minimum Gasteiger partial charge on any atom is -0.467 e. The Labute approximate surface area is 82.4 Å². The summed E-state index contributed by atoms with van der Waals surface area (Å²) in [6.07, 6.45) is 2.19. The van der Waals surface area contributed by atoms with E-state index in [0.717, 1.165) is 12.8 Å². The van der Waals surface area contributed by atoms with E-state index in [-0.39, 0.29) is 18.0 Å². The molecule has 2 fully saturated rings. The van der Waals surface area contributed by atoms with Crippen LogP contribution in [0.2, 0.25) is 0 Å². The normalized spacial score (nSPS) is 31.6. The lowest BCUT2D eigenvalue weighted by molar-refractivity contribution is -0.143. The molecule has 5 heteroatoms. The van der Waals surface area contributed by atoms with Crippen LogP contribution >= 0.6 is 0 Å². The molecular formula is C9H14N2O3. The van der Waals surface area contributed by atoms with Gasteiger partial charge in [0.1, 0.15) is 6.04 Å². The van der Waals surface area contributed by atoms with Gasteiger partial charge in [0.2, 0.25) is 0 Å². The lowest BCUT2D eigenvalue weighted by Gasteiger charge is -2.21. The summed E-state index contributed by atoms with van der Waals surface area (Å²) in [5, 5.41) is 2.64. The van der Waals surface area contributed by atoms with Crippen molar-refractivity contribution in [2.24, 2.45) is 5.92 Å². The molecule has 2 rings (SSSR count). The summed E-state index contributed by atoms with van der Waals surface area (Å²) >= 11 is 0. The summed E-state index contributed by atoms with van der Waals surface area (Å²) < 4.78 is 4.66. The van der Waals surface area contributed by atoms with Crippen LogP contribution < -0.4 is 5.32 Å². The molecule has 2 amide bonds. The second kappa shape index (κ2) is 3.15. The van der Waals surface area contributed by atoms with Crippen molar-refractivity contribution in [2.45, 2.75) is 24.9 Å². The number of nitrogens with zero attached hydrogens (tertiary/aromatic N) is 1. The molecule has 0 bridgehead atoms. The second-order valence-electron chi connectivity index (χ2n) is 3.89. The summed E-state index contributed by atoms with van der Waals surface area (Å²) in [5.41, 5.74) is 0. The molecular weight excluding hydrogens is 184 g/mol. The third-order valence-electron chi connectivity index (χ3n) is 2.95. The number of carbonyl (C=O) groups is 2. The molecule has 0 spiro atoms. The van der Waals surface area contributed by atoms with Gasteiger partial charge in [-0.2, -0.15) is 0 Å². The van der Waals surface area contributed by atoms with Gasteiger partial charge in [-0.25, -0.2) is 9.59 Å². The summed E-state index contributed by atoms with van der Waals surface area (Å²) in [5.74, 6) is 0.114. The van der Waals surface area contributed by atoms with Crippen molar-refractivity contribution in [1.82, 2.24) is 10.2 Å². The van der Waals surface area contributed by atoms with Gasteiger partial charge in [0.15, 0.2) is 0 Å². The highest BCUT2D eigenvalue weighted by molar-refractivity contribution is 5.88. The average Bonchev–Trinajstić information content (AvgIpc) is 2.95. The van der Waals surface area contributed by atoms with Gasteiger partial charge in [-0.15, -0.1) is 0 Å². The van der Waals surface area contributed by atoms with E-state index >= 15 is 0 Å². The molecule has 1 saturated heterocycles. The first-order valence-electron chi connectivity index (χ1n) is 4.76. The van der Waals surface area contributed by atoms with Crippen molar-refractivity contribution in [3.05, 3.63) is 0 Å². The van der Waals surface area contributed by atoms with E-state index in [1.165, 1.54) is 7.11 Å². The Morgan fingerprint density at radius 3 is 2.71 bits per heavy atom. The zero-order chi connectivity index (χ0) is 10.3. The molecule has 1 N–H and O–H groups in total. The van der Waals surface area contributed by atoms with Gasteiger partial charge in [0, 0.05) is 7.05 Å². The average molecular weight is 198 g/mol. The zero-order valence-corrected chi connectivity index (χ0v) is 8.32. The molecule has 1 heterocycles. The Kier molecular flexibility index (Phi) is 2.09. The van der Waals surface area contributed by atoms with Crippen molar-refractivity contribution in [2.75, 3.05) is 14.2 Å². The SMILES string of the molecule is COC(=O)C1NC(=O)N(C)C1C1CC1. The first-order chi connectivity index (χ1) is 6.65. The molecule has 5 nitrogen and oxygen atoms in total. The highest BCUT2D eigenvalue weighted by Gasteiger charge is 2.49. The number of methoxy groups -OCH3 is 1. The van der Waals surface area contributed by atoms with Crippen molar-refractivity contribution in [1.29, 1.82) is 0 Å². The number of hydrogen-bond acceptors (Lipinski definition) is 3. The number of ether oxygens (including phenoxy) is 1. The quantitative estimate of drug-likeness (QED) is 0.633. The molecule has 2 aliphatic rings. The van der Waals surface area contributed by atoms with Crippen LogP contribution in [0.1, 0.15) is 12.8 Å². The van der Waals surface area contributed by atoms with E-state index in [1.807, 2.05) is 0 Å². The summed E-state index contributed by atoms with van der Waals surface area (Å²) in [4.78, 5) is 24.3. The van der Waals surface area contributed by atoms with Gasteiger partial charge in [-0.05, 0) is 18.8 Å². The summed E-state index contributed by atoms with van der Waals surface area (Å²) in [6.45, 7) is 0. The lowest BCUT2D eigenvalue weighted by atomic mass is 10.0. The molecule has 0 radical (unpaired) electrons. The highest BCUT2D eigenvalue weighted by Crippen LogP contribution is 2.38. The van der Waals surface area contributed by atoms with Crippen LogP contribution in [0, 0.1) is 5.92 Å². The summed E-state index contributed by atoms with van der Waals surface area (Å²) in [7, 11) is 3.07. The van der Waals surface area contributed by atoms with Crippen LogP contribution in [0.25, 0.3) is 0 Å². The predicted molar refractivity (Wildman–Crippen MR) is 48.6 cm³/mol. The molecule has 1 saturated carbocycles. The van der Waals surface area contributed by atoms with Crippen molar-refractivity contribution in [3.8, 4) is 0 Å². The molecule has 0 aromatic rings. The number of likely N-dealkylation sites (N-methyl/N-ethyl adjacent to an activating group) is 1. The predicted octanol–water partition coefficient (Wildman–Crippen LogP) is -0.0384. The van der Waals surface area contributed by atoms with Crippen LogP contribution in [-0.2, 0) is 9.53 Å². The third-order valence-corrected chi connectivity index (χ3v) is 2.95. The molecule has 14 heavy (non-hydrogen) atoms. The van der Waals surface area contributed by atoms with Gasteiger partial charge in [-0.1, -0.05) is 0 Å². The Bertz CT molecular complexity index is 275. The maximum absolute atomic E-state index is 11.4. The van der Waals surface area contributed by atoms with Gasteiger partial charge in [0.05, 0.1) is 13.2 Å². The Morgan fingerprint density at radius 2 is 2.21 bits per heavy atom. The molecule has 1 aliphatic carbocycles. The van der Waals surface area contributed by atoms with E-state index in [4.69, 9.17) is 0 Å². The van der Waals surface area contributed by atoms with Crippen molar-refractivity contribution < 1.29 is 14.3 Å². The minimum absolute atomic E-state index is 0.0186. The van der Waals surface area contributed by atoms with Gasteiger partial charge < -0.3 is 15.0 Å². The first kappa shape index (κ1) is 9.30. The fourth-order valence-corrected chi connectivity index (χ4v) is 2.03. The maximum Gasteiger partial charge on any atom is 0.330 e. The van der Waals surface area contributed by atoms with Crippen LogP contribution in [0.4, 0.5) is 4.79 Å². The van der Waals surface area contributed by atoms with Gasteiger partial charge in [0.25, 0.3) is 0 Å². The standard InChI is InChI=1S/C9H14N2O3/c1-11-7(5-3-4-5)6(8(12)14-2)10-9(11)13/h5-7H,3-4H2,1-2H3,(H,10,13). The number of esters is 1. The Hall–Kier alpha value is -1.26. The summed E-state index contributed by atoms with van der Waals surface area (Å²) in [6, 6.07) is -0.683. The van der Waals surface area contributed by atoms with Crippen molar-refractivity contribution in [3.63, 3.8) is 0 Å². The number of hydrogen-bond donors (Lipinski definition) is 1. The topological polar surface area (TPSA) is 58.6 Å². The minimum atomic E-state index is -0.481. The smallest absolute Gasteiger partial charge is 0.330 e. The third kappa shape index (κ3) is 1.32.